The number of hydrogen-bond acceptors (Lipinski definition) is 6. The zero-order valence-corrected chi connectivity index (χ0v) is 17.9. The summed E-state index contributed by atoms with van der Waals surface area (Å²) in [7, 11) is 1.44. The molecule has 0 aliphatic carbocycles. The van der Waals surface area contributed by atoms with Gasteiger partial charge in [0.05, 0.1) is 18.1 Å². The van der Waals surface area contributed by atoms with Gasteiger partial charge in [-0.1, -0.05) is 54.6 Å². The van der Waals surface area contributed by atoms with Crippen molar-refractivity contribution in [2.24, 2.45) is 5.41 Å². The van der Waals surface area contributed by atoms with Crippen LogP contribution in [-0.2, 0) is 16.0 Å². The summed E-state index contributed by atoms with van der Waals surface area (Å²) in [5, 5.41) is 25.2. The molecular formula is C24H26N2O6. The quantitative estimate of drug-likeness (QED) is 0.443. The molecule has 8 heteroatoms. The van der Waals surface area contributed by atoms with Gasteiger partial charge in [-0.15, -0.1) is 0 Å². The molecule has 0 aliphatic heterocycles. The lowest BCUT2D eigenvalue weighted by Crippen LogP contribution is -2.44. The zero-order valence-electron chi connectivity index (χ0n) is 17.9. The van der Waals surface area contributed by atoms with Crippen molar-refractivity contribution in [1.29, 1.82) is 0 Å². The second-order valence-corrected chi connectivity index (χ2v) is 7.99. The fraction of sp³-hybridized carbons (Fsp3) is 0.292. The number of aromatic nitrogens is 1. The van der Waals surface area contributed by atoms with Crippen LogP contribution in [0.2, 0.25) is 0 Å². The second-order valence-electron chi connectivity index (χ2n) is 7.99. The first-order valence-corrected chi connectivity index (χ1v) is 10.1. The van der Waals surface area contributed by atoms with Gasteiger partial charge >= 0.3 is 5.97 Å². The molecule has 0 radical (unpaired) electrons. The Morgan fingerprint density at radius 2 is 1.78 bits per heavy atom. The Morgan fingerprint density at radius 1 is 1.12 bits per heavy atom. The second kappa shape index (κ2) is 10.1. The average Bonchev–Trinajstić information content (AvgIpc) is 3.21. The number of carboxylic acids is 1. The van der Waals surface area contributed by atoms with Gasteiger partial charge in [-0.3, -0.25) is 9.59 Å². The standard InChI is InChI=1S/C24H26N2O6/c1-24(15-31-2,23(29)30)14-19(25-22(28)20-13-21(27)26-32-20)12-16-8-10-18(11-9-16)17-6-4-3-5-7-17/h3-11,13,19H,12,14-15H2,1-2H3,(H,25,28)(H,26,27)(H,29,30)/t19-,24+/m1/s1. The topological polar surface area (TPSA) is 122 Å². The zero-order chi connectivity index (χ0) is 23.1. The molecule has 0 bridgehead atoms. The lowest BCUT2D eigenvalue weighted by Gasteiger charge is -2.29. The summed E-state index contributed by atoms with van der Waals surface area (Å²) in [6.07, 6.45) is 0.524. The highest BCUT2D eigenvalue weighted by Gasteiger charge is 2.37. The van der Waals surface area contributed by atoms with E-state index in [9.17, 15) is 19.8 Å². The van der Waals surface area contributed by atoms with Crippen LogP contribution in [-0.4, -0.2) is 47.0 Å². The molecule has 0 aliphatic rings. The molecule has 3 N–H and O–H groups in total. The van der Waals surface area contributed by atoms with Crippen molar-refractivity contribution in [2.45, 2.75) is 25.8 Å². The number of aromatic hydroxyl groups is 1. The normalized spacial score (nSPS) is 13.8. The first-order valence-electron chi connectivity index (χ1n) is 10.1. The molecule has 2 aromatic carbocycles. The predicted octanol–water partition coefficient (Wildman–Crippen LogP) is 3.52. The monoisotopic (exact) mass is 438 g/mol. The summed E-state index contributed by atoms with van der Waals surface area (Å²) < 4.78 is 9.94. The van der Waals surface area contributed by atoms with Crippen LogP contribution < -0.4 is 5.32 Å². The Hall–Kier alpha value is -3.65. The Morgan fingerprint density at radius 3 is 2.34 bits per heavy atom. The third-order valence-corrected chi connectivity index (χ3v) is 5.28. The van der Waals surface area contributed by atoms with Gasteiger partial charge in [0.15, 0.2) is 0 Å². The van der Waals surface area contributed by atoms with Crippen LogP contribution in [0.1, 0.15) is 29.5 Å². The molecule has 168 valence electrons. The number of carbonyl (C=O) groups excluding carboxylic acids is 1. The van der Waals surface area contributed by atoms with Gasteiger partial charge in [0.1, 0.15) is 0 Å². The molecule has 0 unspecified atom stereocenters. The number of hydrogen-bond donors (Lipinski definition) is 3. The largest absolute Gasteiger partial charge is 0.491 e. The lowest BCUT2D eigenvalue weighted by molar-refractivity contribution is -0.152. The van der Waals surface area contributed by atoms with E-state index in [-0.39, 0.29) is 18.8 Å². The van der Waals surface area contributed by atoms with Gasteiger partial charge in [-0.25, -0.2) is 0 Å². The molecular weight excluding hydrogens is 412 g/mol. The molecule has 3 rings (SSSR count). The van der Waals surface area contributed by atoms with Crippen LogP contribution in [0.15, 0.2) is 65.2 Å². The molecule has 0 saturated heterocycles. The van der Waals surface area contributed by atoms with Crippen LogP contribution in [0.4, 0.5) is 0 Å². The van der Waals surface area contributed by atoms with Crippen molar-refractivity contribution in [1.82, 2.24) is 10.5 Å². The van der Waals surface area contributed by atoms with E-state index in [4.69, 9.17) is 9.26 Å². The number of ether oxygens (including phenoxy) is 1. The van der Waals surface area contributed by atoms with Crippen molar-refractivity contribution in [3.8, 4) is 17.0 Å². The van der Waals surface area contributed by atoms with Gasteiger partial charge in [-0.05, 0) is 41.6 Å². The molecule has 0 fully saturated rings. The number of nitrogens with zero attached hydrogens (tertiary/aromatic N) is 1. The van der Waals surface area contributed by atoms with E-state index in [1.807, 2.05) is 54.6 Å². The average molecular weight is 438 g/mol. The van der Waals surface area contributed by atoms with Crippen molar-refractivity contribution in [3.63, 3.8) is 0 Å². The van der Waals surface area contributed by atoms with E-state index < -0.39 is 29.2 Å². The summed E-state index contributed by atoms with van der Waals surface area (Å²) in [4.78, 5) is 24.5. The van der Waals surface area contributed by atoms with E-state index in [0.29, 0.717) is 6.42 Å². The van der Waals surface area contributed by atoms with E-state index in [1.54, 1.807) is 6.92 Å². The number of benzene rings is 2. The fourth-order valence-corrected chi connectivity index (χ4v) is 3.62. The summed E-state index contributed by atoms with van der Waals surface area (Å²) in [6.45, 7) is 1.57. The number of nitrogens with one attached hydrogen (secondary N) is 1. The molecule has 1 aromatic heterocycles. The Labute approximate surface area is 185 Å². The van der Waals surface area contributed by atoms with Gasteiger partial charge < -0.3 is 24.8 Å². The minimum Gasteiger partial charge on any atom is -0.491 e. The number of carbonyl (C=O) groups is 2. The maximum atomic E-state index is 12.6. The van der Waals surface area contributed by atoms with Gasteiger partial charge in [0.2, 0.25) is 5.76 Å². The van der Waals surface area contributed by atoms with Crippen LogP contribution in [0, 0.1) is 5.41 Å². The van der Waals surface area contributed by atoms with Crippen LogP contribution >= 0.6 is 0 Å². The molecule has 8 nitrogen and oxygen atoms in total. The first kappa shape index (κ1) is 23.0. The maximum Gasteiger partial charge on any atom is 0.311 e. The number of aliphatic carboxylic acids is 1. The summed E-state index contributed by atoms with van der Waals surface area (Å²) >= 11 is 0. The molecule has 3 aromatic rings. The SMILES string of the molecule is COC[C@](C)(C[C@@H](Cc1ccc(-c2ccccc2)cc1)NC(=O)c1cc(O)no1)C(=O)O. The van der Waals surface area contributed by atoms with Crippen molar-refractivity contribution >= 4 is 11.9 Å². The Kier molecular flexibility index (Phi) is 7.27. The van der Waals surface area contributed by atoms with Crippen molar-refractivity contribution in [2.75, 3.05) is 13.7 Å². The molecule has 0 spiro atoms. The van der Waals surface area contributed by atoms with E-state index >= 15 is 0 Å². The smallest absolute Gasteiger partial charge is 0.311 e. The molecule has 1 amide bonds. The highest BCUT2D eigenvalue weighted by Crippen LogP contribution is 2.27. The van der Waals surface area contributed by atoms with Crippen LogP contribution in [0.5, 0.6) is 5.88 Å². The van der Waals surface area contributed by atoms with Gasteiger partial charge in [-0.2, -0.15) is 0 Å². The minimum absolute atomic E-state index is 0.00918. The van der Waals surface area contributed by atoms with Crippen molar-refractivity contribution in [3.05, 3.63) is 72.0 Å². The Bertz CT molecular complexity index is 1050. The lowest BCUT2D eigenvalue weighted by atomic mass is 9.82. The van der Waals surface area contributed by atoms with E-state index in [1.165, 1.54) is 7.11 Å². The third kappa shape index (κ3) is 5.73. The highest BCUT2D eigenvalue weighted by atomic mass is 16.5. The van der Waals surface area contributed by atoms with Crippen LogP contribution in [0.25, 0.3) is 11.1 Å². The number of methoxy groups -OCH3 is 1. The van der Waals surface area contributed by atoms with Crippen LogP contribution in [0.3, 0.4) is 0 Å². The Balaban J connectivity index is 1.81. The minimum atomic E-state index is -1.21. The molecule has 0 saturated carbocycles. The van der Waals surface area contributed by atoms with Gasteiger partial charge in [0, 0.05) is 13.2 Å². The van der Waals surface area contributed by atoms with E-state index in [0.717, 1.165) is 22.8 Å². The molecule has 2 atom stereocenters. The van der Waals surface area contributed by atoms with Crippen molar-refractivity contribution < 1.29 is 29.1 Å². The highest BCUT2D eigenvalue weighted by molar-refractivity contribution is 5.91. The van der Waals surface area contributed by atoms with Gasteiger partial charge in [0.25, 0.3) is 11.8 Å². The fourth-order valence-electron chi connectivity index (χ4n) is 3.62. The predicted molar refractivity (Wildman–Crippen MR) is 117 cm³/mol. The summed E-state index contributed by atoms with van der Waals surface area (Å²) in [5.41, 5.74) is 1.87. The molecule has 32 heavy (non-hydrogen) atoms. The number of amides is 1. The molecule has 1 heterocycles. The number of rotatable bonds is 10. The summed E-state index contributed by atoms with van der Waals surface area (Å²) in [6, 6.07) is 18.4. The first-order chi connectivity index (χ1) is 15.3. The third-order valence-electron chi connectivity index (χ3n) is 5.28. The van der Waals surface area contributed by atoms with E-state index in [2.05, 4.69) is 10.5 Å². The summed E-state index contributed by atoms with van der Waals surface area (Å²) in [5.74, 6) is -2.17. The maximum absolute atomic E-state index is 12.6. The number of carboxylic acid groups (broad SMARTS) is 1.